The zero-order valence-electron chi connectivity index (χ0n) is 6.19. The SMILES string of the molecule is CCCCOC(Cl)=CP(Cl)Cl. The Bertz CT molecular complexity index is 127. The molecule has 0 radical (unpaired) electrons. The average molecular weight is 235 g/mol. The van der Waals surface area contributed by atoms with Crippen molar-refractivity contribution in [2.24, 2.45) is 0 Å². The van der Waals surface area contributed by atoms with Crippen LogP contribution in [-0.4, -0.2) is 6.61 Å². The maximum atomic E-state index is 5.60. The first-order chi connectivity index (χ1) is 5.16. The maximum Gasteiger partial charge on any atom is 0.189 e. The molecule has 0 amide bonds. The van der Waals surface area contributed by atoms with Crippen molar-refractivity contribution >= 4 is 40.7 Å². The normalized spacial score (nSPS) is 12.3. The Kier molecular flexibility index (Phi) is 8.06. The van der Waals surface area contributed by atoms with Gasteiger partial charge in [-0.15, -0.1) is 0 Å². The third-order valence-electron chi connectivity index (χ3n) is 0.937. The van der Waals surface area contributed by atoms with Crippen molar-refractivity contribution in [3.63, 3.8) is 0 Å². The predicted octanol–water partition coefficient (Wildman–Crippen LogP) is 4.63. The molecule has 0 unspecified atom stereocenters. The minimum absolute atomic E-state index is 0.301. The number of hydrogen-bond acceptors (Lipinski definition) is 1. The number of unbranched alkanes of at least 4 members (excludes halogenated alkanes) is 1. The van der Waals surface area contributed by atoms with Gasteiger partial charge in [-0.3, -0.25) is 0 Å². The molecule has 11 heavy (non-hydrogen) atoms. The molecule has 0 rings (SSSR count). The van der Waals surface area contributed by atoms with Gasteiger partial charge in [-0.1, -0.05) is 35.8 Å². The lowest BCUT2D eigenvalue weighted by atomic mass is 10.4. The standard InChI is InChI=1S/C6H10Cl3OP/c1-2-3-4-10-6(7)5-11(8)9/h5H,2-4H2,1H3. The molecule has 0 spiro atoms. The Balaban J connectivity index is 3.43. The van der Waals surface area contributed by atoms with E-state index in [1.54, 1.807) is 0 Å². The molecule has 66 valence electrons. The second-order valence-corrected chi connectivity index (χ2v) is 5.75. The fourth-order valence-corrected chi connectivity index (χ4v) is 1.86. The van der Waals surface area contributed by atoms with Gasteiger partial charge in [0.15, 0.2) is 5.22 Å². The van der Waals surface area contributed by atoms with Crippen LogP contribution in [-0.2, 0) is 4.74 Å². The van der Waals surface area contributed by atoms with E-state index in [4.69, 9.17) is 38.8 Å². The molecule has 0 N–H and O–H groups in total. The second kappa shape index (κ2) is 7.49. The number of hydrogen-bond donors (Lipinski definition) is 0. The minimum atomic E-state index is -1.14. The quantitative estimate of drug-likeness (QED) is 0.383. The molecule has 0 aromatic heterocycles. The predicted molar refractivity (Wildman–Crippen MR) is 53.4 cm³/mol. The lowest BCUT2D eigenvalue weighted by Gasteiger charge is -2.02. The first kappa shape index (κ1) is 11.8. The van der Waals surface area contributed by atoms with Gasteiger partial charge in [0.25, 0.3) is 0 Å². The number of rotatable bonds is 5. The van der Waals surface area contributed by atoms with E-state index < -0.39 is 6.63 Å². The van der Waals surface area contributed by atoms with Gasteiger partial charge in [-0.05, 0) is 18.0 Å². The fraction of sp³-hybridized carbons (Fsp3) is 0.667. The van der Waals surface area contributed by atoms with Gasteiger partial charge in [-0.2, -0.15) is 0 Å². The Labute approximate surface area is 83.0 Å². The summed E-state index contributed by atoms with van der Waals surface area (Å²) in [5.41, 5.74) is 0. The highest BCUT2D eigenvalue weighted by molar-refractivity contribution is 8.06. The summed E-state index contributed by atoms with van der Waals surface area (Å²) in [5.74, 6) is 1.51. The van der Waals surface area contributed by atoms with Crippen LogP contribution in [0.15, 0.2) is 11.0 Å². The van der Waals surface area contributed by atoms with E-state index in [0.29, 0.717) is 11.8 Å². The molecule has 0 bridgehead atoms. The molecular weight excluding hydrogens is 225 g/mol. The molecule has 5 heteroatoms. The Morgan fingerprint density at radius 1 is 1.55 bits per heavy atom. The minimum Gasteiger partial charge on any atom is -0.483 e. The van der Waals surface area contributed by atoms with E-state index >= 15 is 0 Å². The van der Waals surface area contributed by atoms with Gasteiger partial charge < -0.3 is 4.74 Å². The average Bonchev–Trinajstić information content (AvgIpc) is 1.86. The molecule has 0 aromatic carbocycles. The van der Waals surface area contributed by atoms with E-state index in [9.17, 15) is 0 Å². The molecule has 1 nitrogen and oxygen atoms in total. The molecular formula is C6H10Cl3OP. The summed E-state index contributed by atoms with van der Waals surface area (Å²) in [6.07, 6.45) is 2.08. The molecule has 0 aliphatic rings. The van der Waals surface area contributed by atoms with Crippen molar-refractivity contribution < 1.29 is 4.74 Å². The van der Waals surface area contributed by atoms with Crippen molar-refractivity contribution in [3.8, 4) is 0 Å². The highest BCUT2D eigenvalue weighted by atomic mass is 35.9. The van der Waals surface area contributed by atoms with Crippen molar-refractivity contribution in [2.75, 3.05) is 6.61 Å². The zero-order valence-corrected chi connectivity index (χ0v) is 9.35. The first-order valence-corrected chi connectivity index (χ1v) is 6.87. The molecule has 0 fully saturated rings. The van der Waals surface area contributed by atoms with Gasteiger partial charge in [0.2, 0.25) is 0 Å². The largest absolute Gasteiger partial charge is 0.483 e. The van der Waals surface area contributed by atoms with E-state index in [1.807, 2.05) is 0 Å². The topological polar surface area (TPSA) is 9.23 Å². The van der Waals surface area contributed by atoms with Crippen LogP contribution in [0.3, 0.4) is 0 Å². The van der Waals surface area contributed by atoms with Gasteiger partial charge in [-0.25, -0.2) is 0 Å². The number of halogens is 3. The Morgan fingerprint density at radius 3 is 2.64 bits per heavy atom. The molecule has 0 aliphatic heterocycles. The summed E-state index contributed by atoms with van der Waals surface area (Å²) in [7, 11) is 0. The third kappa shape index (κ3) is 8.75. The molecule has 0 atom stereocenters. The summed E-state index contributed by atoms with van der Waals surface area (Å²) in [6.45, 7) is 1.57. The van der Waals surface area contributed by atoms with Crippen molar-refractivity contribution in [3.05, 3.63) is 11.0 Å². The zero-order chi connectivity index (χ0) is 8.69. The lowest BCUT2D eigenvalue weighted by molar-refractivity contribution is 0.231. The first-order valence-electron chi connectivity index (χ1n) is 3.27. The van der Waals surface area contributed by atoms with Gasteiger partial charge in [0.05, 0.1) is 6.61 Å². The molecule has 0 saturated carbocycles. The molecule has 0 aliphatic carbocycles. The van der Waals surface area contributed by atoms with Crippen molar-refractivity contribution in [1.82, 2.24) is 0 Å². The van der Waals surface area contributed by atoms with E-state index in [-0.39, 0.29) is 0 Å². The molecule has 0 aromatic rings. The van der Waals surface area contributed by atoms with Gasteiger partial charge in [0, 0.05) is 5.82 Å². The lowest BCUT2D eigenvalue weighted by Crippen LogP contribution is -1.88. The second-order valence-electron chi connectivity index (χ2n) is 1.89. The third-order valence-corrected chi connectivity index (χ3v) is 2.32. The summed E-state index contributed by atoms with van der Waals surface area (Å²) >= 11 is 16.5. The van der Waals surface area contributed by atoms with E-state index in [0.717, 1.165) is 12.8 Å². The van der Waals surface area contributed by atoms with Crippen LogP contribution in [0.25, 0.3) is 0 Å². The van der Waals surface area contributed by atoms with Crippen LogP contribution in [0, 0.1) is 0 Å². The van der Waals surface area contributed by atoms with E-state index in [2.05, 4.69) is 6.92 Å². The summed E-state index contributed by atoms with van der Waals surface area (Å²) in [4.78, 5) is 0. The van der Waals surface area contributed by atoms with Crippen molar-refractivity contribution in [2.45, 2.75) is 19.8 Å². The molecule has 0 heterocycles. The van der Waals surface area contributed by atoms with Crippen LogP contribution >= 0.6 is 40.7 Å². The Morgan fingerprint density at radius 2 is 2.18 bits per heavy atom. The van der Waals surface area contributed by atoms with Crippen LogP contribution in [0.2, 0.25) is 0 Å². The van der Waals surface area contributed by atoms with Crippen LogP contribution < -0.4 is 0 Å². The summed E-state index contributed by atoms with van der Waals surface area (Å²) in [6, 6.07) is 0. The highest BCUT2D eigenvalue weighted by Gasteiger charge is 1.97. The highest BCUT2D eigenvalue weighted by Crippen LogP contribution is 2.49. The fourth-order valence-electron chi connectivity index (χ4n) is 0.428. The van der Waals surface area contributed by atoms with Crippen LogP contribution in [0.1, 0.15) is 19.8 Å². The summed E-state index contributed by atoms with van der Waals surface area (Å²) in [5, 5.41) is 0.301. The number of ether oxygens (including phenoxy) is 1. The maximum absolute atomic E-state index is 5.60. The van der Waals surface area contributed by atoms with Crippen molar-refractivity contribution in [1.29, 1.82) is 0 Å². The molecule has 0 saturated heterocycles. The van der Waals surface area contributed by atoms with Gasteiger partial charge in [0.1, 0.15) is 6.63 Å². The van der Waals surface area contributed by atoms with Crippen LogP contribution in [0.4, 0.5) is 0 Å². The van der Waals surface area contributed by atoms with Crippen LogP contribution in [0.5, 0.6) is 0 Å². The smallest absolute Gasteiger partial charge is 0.189 e. The summed E-state index contributed by atoms with van der Waals surface area (Å²) < 4.78 is 5.07. The van der Waals surface area contributed by atoms with Gasteiger partial charge >= 0.3 is 0 Å². The Hall–Kier alpha value is 0.840. The monoisotopic (exact) mass is 234 g/mol. The van der Waals surface area contributed by atoms with E-state index in [1.165, 1.54) is 5.82 Å².